The van der Waals surface area contributed by atoms with Crippen LogP contribution in [0.1, 0.15) is 40.1 Å². The van der Waals surface area contributed by atoms with Crippen molar-refractivity contribution in [2.75, 3.05) is 19.3 Å². The summed E-state index contributed by atoms with van der Waals surface area (Å²) in [6, 6.07) is 9.79. The van der Waals surface area contributed by atoms with Crippen LogP contribution in [-0.4, -0.2) is 61.6 Å². The zero-order chi connectivity index (χ0) is 24.3. The lowest BCUT2D eigenvalue weighted by molar-refractivity contribution is -0.385. The fraction of sp³-hybridized carbons (Fsp3) is 0.364. The second-order valence-electron chi connectivity index (χ2n) is 8.09. The normalized spacial score (nSPS) is 18.6. The van der Waals surface area contributed by atoms with Gasteiger partial charge in [0, 0.05) is 49.1 Å². The Balaban J connectivity index is 1.68. The highest BCUT2D eigenvalue weighted by Gasteiger charge is 2.26. The first kappa shape index (κ1) is 24.3. The number of nitro benzene ring substituents is 1. The van der Waals surface area contributed by atoms with Gasteiger partial charge in [-0.25, -0.2) is 8.42 Å². The van der Waals surface area contributed by atoms with Gasteiger partial charge in [0.1, 0.15) is 0 Å². The van der Waals surface area contributed by atoms with Crippen LogP contribution in [0, 0.1) is 10.1 Å². The van der Waals surface area contributed by atoms with E-state index >= 15 is 0 Å². The van der Waals surface area contributed by atoms with Gasteiger partial charge in [-0.3, -0.25) is 19.7 Å². The number of ether oxygens (including phenoxy) is 1. The molecule has 2 amide bonds. The molecule has 1 heterocycles. The molecule has 0 radical (unpaired) electrons. The second kappa shape index (κ2) is 9.67. The number of hydrogen-bond donors (Lipinski definition) is 1. The number of morpholine rings is 1. The summed E-state index contributed by atoms with van der Waals surface area (Å²) in [5, 5.41) is 13.7. The molecule has 1 aliphatic rings. The molecule has 2 unspecified atom stereocenters. The monoisotopic (exact) mass is 475 g/mol. The molecule has 1 N–H and O–H groups in total. The highest BCUT2D eigenvalue weighted by molar-refractivity contribution is 7.90. The molecule has 0 aliphatic carbocycles. The Labute approximate surface area is 191 Å². The minimum Gasteiger partial charge on any atom is -0.372 e. The van der Waals surface area contributed by atoms with Gasteiger partial charge >= 0.3 is 0 Å². The molecule has 0 aromatic heterocycles. The second-order valence-corrected chi connectivity index (χ2v) is 10.1. The van der Waals surface area contributed by atoms with Crippen LogP contribution in [0.25, 0.3) is 0 Å². The molecular formula is C22H25N3O7S. The zero-order valence-corrected chi connectivity index (χ0v) is 19.3. The molecule has 10 nitrogen and oxygen atoms in total. The fourth-order valence-electron chi connectivity index (χ4n) is 3.61. The lowest BCUT2D eigenvalue weighted by atomic mass is 10.1. The van der Waals surface area contributed by atoms with Gasteiger partial charge in [-0.2, -0.15) is 0 Å². The van der Waals surface area contributed by atoms with Crippen molar-refractivity contribution in [2.45, 2.75) is 37.5 Å². The predicted octanol–water partition coefficient (Wildman–Crippen LogP) is 2.18. The average molecular weight is 476 g/mol. The summed E-state index contributed by atoms with van der Waals surface area (Å²) in [6.07, 6.45) is 0.836. The molecule has 176 valence electrons. The van der Waals surface area contributed by atoms with E-state index in [9.17, 15) is 28.1 Å². The maximum Gasteiger partial charge on any atom is 0.271 e. The van der Waals surface area contributed by atoms with Gasteiger partial charge in [0.05, 0.1) is 22.0 Å². The van der Waals surface area contributed by atoms with E-state index in [1.165, 1.54) is 0 Å². The van der Waals surface area contributed by atoms with Crippen molar-refractivity contribution in [3.05, 3.63) is 69.3 Å². The molecule has 2 atom stereocenters. The third-order valence-corrected chi connectivity index (χ3v) is 6.25. The summed E-state index contributed by atoms with van der Waals surface area (Å²) >= 11 is 0. The molecule has 0 saturated carbocycles. The number of rotatable bonds is 6. The smallest absolute Gasteiger partial charge is 0.271 e. The van der Waals surface area contributed by atoms with E-state index in [1.54, 1.807) is 29.2 Å². The number of hydrogen-bond acceptors (Lipinski definition) is 7. The molecule has 1 aliphatic heterocycles. The standard InChI is InChI=1S/C22H25N3O7S/c1-14-12-24(13-15(2)32-14)22(27)17-6-4-16(5-7-17)11-23-21(26)18-8-19(25(28)29)10-20(9-18)33(3,30)31/h4-10,14-15H,11-13H2,1-3H3,(H,23,26). The summed E-state index contributed by atoms with van der Waals surface area (Å²) < 4.78 is 29.3. The summed E-state index contributed by atoms with van der Waals surface area (Å²) in [5.74, 6) is -0.752. The number of amides is 2. The Morgan fingerprint density at radius 2 is 1.70 bits per heavy atom. The van der Waals surface area contributed by atoms with E-state index in [0.717, 1.165) is 24.5 Å². The van der Waals surface area contributed by atoms with E-state index in [4.69, 9.17) is 4.74 Å². The highest BCUT2D eigenvalue weighted by atomic mass is 32.2. The predicted molar refractivity (Wildman–Crippen MR) is 120 cm³/mol. The first-order chi connectivity index (χ1) is 15.4. The molecule has 33 heavy (non-hydrogen) atoms. The number of carbonyl (C=O) groups excluding carboxylic acids is 2. The Bertz CT molecular complexity index is 1170. The number of sulfone groups is 1. The molecule has 1 saturated heterocycles. The van der Waals surface area contributed by atoms with Crippen molar-refractivity contribution in [3.63, 3.8) is 0 Å². The van der Waals surface area contributed by atoms with Crippen LogP contribution in [0.4, 0.5) is 5.69 Å². The van der Waals surface area contributed by atoms with Gasteiger partial charge < -0.3 is 15.0 Å². The lowest BCUT2D eigenvalue weighted by Crippen LogP contribution is -2.48. The number of nitrogens with zero attached hydrogens (tertiary/aromatic N) is 2. The number of benzene rings is 2. The quantitative estimate of drug-likeness (QED) is 0.499. The molecule has 3 rings (SSSR count). The highest BCUT2D eigenvalue weighted by Crippen LogP contribution is 2.21. The third-order valence-electron chi connectivity index (χ3n) is 5.15. The zero-order valence-electron chi connectivity index (χ0n) is 18.5. The van der Waals surface area contributed by atoms with Crippen LogP contribution in [-0.2, 0) is 21.1 Å². The lowest BCUT2D eigenvalue weighted by Gasteiger charge is -2.35. The van der Waals surface area contributed by atoms with Crippen molar-refractivity contribution >= 4 is 27.3 Å². The van der Waals surface area contributed by atoms with Crippen LogP contribution in [0.15, 0.2) is 47.4 Å². The van der Waals surface area contributed by atoms with Crippen LogP contribution < -0.4 is 5.32 Å². The largest absolute Gasteiger partial charge is 0.372 e. The number of nitrogens with one attached hydrogen (secondary N) is 1. The summed E-state index contributed by atoms with van der Waals surface area (Å²) in [6.45, 7) is 4.96. The van der Waals surface area contributed by atoms with Crippen molar-refractivity contribution in [1.82, 2.24) is 10.2 Å². The van der Waals surface area contributed by atoms with Crippen LogP contribution in [0.3, 0.4) is 0 Å². The molecular weight excluding hydrogens is 450 g/mol. The Morgan fingerprint density at radius 1 is 1.09 bits per heavy atom. The topological polar surface area (TPSA) is 136 Å². The minimum absolute atomic E-state index is 0.0378. The van der Waals surface area contributed by atoms with Crippen molar-refractivity contribution in [1.29, 1.82) is 0 Å². The van der Waals surface area contributed by atoms with Gasteiger partial charge in [-0.05, 0) is 37.6 Å². The fourth-order valence-corrected chi connectivity index (χ4v) is 4.29. The maximum absolute atomic E-state index is 12.7. The van der Waals surface area contributed by atoms with Crippen molar-refractivity contribution in [3.8, 4) is 0 Å². The van der Waals surface area contributed by atoms with Crippen LogP contribution in [0.2, 0.25) is 0 Å². The van der Waals surface area contributed by atoms with E-state index in [1.807, 2.05) is 13.8 Å². The maximum atomic E-state index is 12.7. The summed E-state index contributed by atoms with van der Waals surface area (Å²) in [5.41, 5.74) is 0.602. The van der Waals surface area contributed by atoms with E-state index in [-0.39, 0.29) is 35.1 Å². The third kappa shape index (κ3) is 6.14. The molecule has 1 fully saturated rings. The molecule has 2 aromatic carbocycles. The van der Waals surface area contributed by atoms with Crippen LogP contribution in [0.5, 0.6) is 0 Å². The minimum atomic E-state index is -3.74. The van der Waals surface area contributed by atoms with Gasteiger partial charge in [-0.15, -0.1) is 0 Å². The van der Waals surface area contributed by atoms with Crippen LogP contribution >= 0.6 is 0 Å². The van der Waals surface area contributed by atoms with Crippen molar-refractivity contribution < 1.29 is 27.7 Å². The summed E-state index contributed by atoms with van der Waals surface area (Å²) in [4.78, 5) is 37.1. The first-order valence-corrected chi connectivity index (χ1v) is 12.1. The average Bonchev–Trinajstić information content (AvgIpc) is 2.75. The number of non-ortho nitro benzene ring substituents is 1. The molecule has 0 spiro atoms. The number of carbonyl (C=O) groups is 2. The van der Waals surface area contributed by atoms with Gasteiger partial charge in [0.25, 0.3) is 17.5 Å². The number of nitro groups is 1. The van der Waals surface area contributed by atoms with E-state index in [2.05, 4.69) is 5.32 Å². The first-order valence-electron chi connectivity index (χ1n) is 10.3. The SMILES string of the molecule is CC1CN(C(=O)c2ccc(CNC(=O)c3cc([N+](=O)[O-])cc(S(C)(=O)=O)c3)cc2)CC(C)O1. The van der Waals surface area contributed by atoms with E-state index in [0.29, 0.717) is 24.2 Å². The van der Waals surface area contributed by atoms with Crippen molar-refractivity contribution in [2.24, 2.45) is 0 Å². The molecule has 2 aromatic rings. The summed E-state index contributed by atoms with van der Waals surface area (Å²) in [7, 11) is -3.74. The molecule has 0 bridgehead atoms. The Kier molecular flexibility index (Phi) is 7.13. The Morgan fingerprint density at radius 3 is 2.24 bits per heavy atom. The van der Waals surface area contributed by atoms with Gasteiger partial charge in [0.2, 0.25) is 0 Å². The molecule has 11 heteroatoms. The Hall–Kier alpha value is -3.31. The van der Waals surface area contributed by atoms with Gasteiger partial charge in [-0.1, -0.05) is 12.1 Å². The van der Waals surface area contributed by atoms with Gasteiger partial charge in [0.15, 0.2) is 9.84 Å². The van der Waals surface area contributed by atoms with E-state index < -0.39 is 26.4 Å².